The van der Waals surface area contributed by atoms with Crippen molar-refractivity contribution < 1.29 is 22.7 Å². The van der Waals surface area contributed by atoms with Crippen LogP contribution in [0.5, 0.6) is 5.75 Å². The molecule has 37 heavy (non-hydrogen) atoms. The molecule has 0 saturated carbocycles. The number of carbonyl (C=O) groups excluding carboxylic acids is 2. The van der Waals surface area contributed by atoms with Crippen molar-refractivity contribution in [2.45, 2.75) is 52.6 Å². The molecule has 0 aliphatic heterocycles. The minimum absolute atomic E-state index is 0.000745. The average Bonchev–Trinajstić information content (AvgIpc) is 2.84. The molecule has 2 rings (SSSR count). The molecule has 0 bridgehead atoms. The normalized spacial score (nSPS) is 12.1. The molecule has 204 valence electrons. The molecule has 2 aromatic carbocycles. The number of sulfonamides is 1. The zero-order valence-electron chi connectivity index (χ0n) is 21.7. The number of hydrogen-bond acceptors (Lipinski definition) is 5. The van der Waals surface area contributed by atoms with E-state index in [0.717, 1.165) is 23.4 Å². The molecule has 0 aliphatic carbocycles. The smallest absolute Gasteiger partial charge is 0.244 e. The lowest BCUT2D eigenvalue weighted by atomic mass is 10.1. The van der Waals surface area contributed by atoms with Crippen LogP contribution in [0.3, 0.4) is 0 Å². The van der Waals surface area contributed by atoms with Crippen molar-refractivity contribution in [3.8, 4) is 5.75 Å². The molecule has 0 aliphatic rings. The summed E-state index contributed by atoms with van der Waals surface area (Å²) < 4.78 is 32.3. The van der Waals surface area contributed by atoms with E-state index in [1.54, 1.807) is 56.3 Å². The van der Waals surface area contributed by atoms with E-state index < -0.39 is 28.5 Å². The van der Waals surface area contributed by atoms with Crippen LogP contribution in [0.15, 0.2) is 42.5 Å². The predicted octanol–water partition coefficient (Wildman–Crippen LogP) is 4.88. The van der Waals surface area contributed by atoms with Gasteiger partial charge in [-0.1, -0.05) is 61.7 Å². The molecular weight excluding hydrogens is 537 g/mol. The summed E-state index contributed by atoms with van der Waals surface area (Å²) in [6.45, 7) is 5.88. The molecule has 1 unspecified atom stereocenters. The van der Waals surface area contributed by atoms with E-state index in [9.17, 15) is 18.0 Å². The van der Waals surface area contributed by atoms with Crippen molar-refractivity contribution in [1.82, 2.24) is 10.2 Å². The second kappa shape index (κ2) is 14.4. The highest BCUT2D eigenvalue weighted by molar-refractivity contribution is 7.92. The molecule has 0 heterocycles. The standard InChI is InChI=1S/C26H35Cl2N3O5S/c1-5-8-15-29-26(33)22(6-2)30(17-19-13-14-20(27)16-21(19)28)25(32)18-31(37(4,34)35)23-11-9-10-12-24(23)36-7-3/h9-14,16,22H,5-8,15,17-18H2,1-4H3,(H,29,33). The summed E-state index contributed by atoms with van der Waals surface area (Å²) in [5, 5.41) is 3.66. The van der Waals surface area contributed by atoms with Crippen LogP contribution in [0.25, 0.3) is 0 Å². The maximum absolute atomic E-state index is 13.8. The number of para-hydroxylation sites is 2. The number of unbranched alkanes of at least 4 members (excludes halogenated alkanes) is 1. The summed E-state index contributed by atoms with van der Waals surface area (Å²) in [4.78, 5) is 28.3. The maximum Gasteiger partial charge on any atom is 0.244 e. The van der Waals surface area contributed by atoms with Gasteiger partial charge in [0, 0.05) is 23.1 Å². The summed E-state index contributed by atoms with van der Waals surface area (Å²) in [5.41, 5.74) is 0.824. The van der Waals surface area contributed by atoms with Crippen LogP contribution in [-0.4, -0.2) is 57.1 Å². The molecule has 0 saturated heterocycles. The monoisotopic (exact) mass is 571 g/mol. The van der Waals surface area contributed by atoms with Crippen molar-refractivity contribution >= 4 is 50.7 Å². The Morgan fingerprint density at radius 3 is 2.38 bits per heavy atom. The quantitative estimate of drug-likeness (QED) is 0.326. The Balaban J connectivity index is 2.48. The SMILES string of the molecule is CCCCNC(=O)C(CC)N(Cc1ccc(Cl)cc1Cl)C(=O)CN(c1ccccc1OCC)S(C)(=O)=O. The molecule has 2 aromatic rings. The first kappa shape index (κ1) is 30.7. The third-order valence-electron chi connectivity index (χ3n) is 5.68. The lowest BCUT2D eigenvalue weighted by Crippen LogP contribution is -2.52. The van der Waals surface area contributed by atoms with Gasteiger partial charge in [0.15, 0.2) is 0 Å². The van der Waals surface area contributed by atoms with Gasteiger partial charge in [-0.3, -0.25) is 13.9 Å². The fourth-order valence-electron chi connectivity index (χ4n) is 3.79. The molecule has 0 radical (unpaired) electrons. The van der Waals surface area contributed by atoms with Gasteiger partial charge in [-0.15, -0.1) is 0 Å². The number of carbonyl (C=O) groups is 2. The van der Waals surface area contributed by atoms with Crippen molar-refractivity contribution in [3.63, 3.8) is 0 Å². The molecule has 1 atom stereocenters. The molecule has 2 amide bonds. The van der Waals surface area contributed by atoms with Gasteiger partial charge in [-0.25, -0.2) is 8.42 Å². The first-order valence-corrected chi connectivity index (χ1v) is 14.8. The van der Waals surface area contributed by atoms with E-state index in [1.165, 1.54) is 4.90 Å². The second-order valence-electron chi connectivity index (χ2n) is 8.50. The van der Waals surface area contributed by atoms with E-state index in [1.807, 2.05) is 6.92 Å². The Morgan fingerprint density at radius 2 is 1.78 bits per heavy atom. The number of nitrogens with zero attached hydrogens (tertiary/aromatic N) is 2. The van der Waals surface area contributed by atoms with Crippen LogP contribution in [0, 0.1) is 0 Å². The molecule has 8 nitrogen and oxygen atoms in total. The first-order chi connectivity index (χ1) is 17.5. The maximum atomic E-state index is 13.8. The molecule has 0 aromatic heterocycles. The van der Waals surface area contributed by atoms with Crippen molar-refractivity contribution in [1.29, 1.82) is 0 Å². The van der Waals surface area contributed by atoms with E-state index in [4.69, 9.17) is 27.9 Å². The zero-order valence-corrected chi connectivity index (χ0v) is 24.0. The van der Waals surface area contributed by atoms with Crippen LogP contribution in [0.4, 0.5) is 5.69 Å². The van der Waals surface area contributed by atoms with E-state index >= 15 is 0 Å². The van der Waals surface area contributed by atoms with Gasteiger partial charge in [-0.05, 0) is 49.6 Å². The average molecular weight is 573 g/mol. The zero-order chi connectivity index (χ0) is 27.6. The number of rotatable bonds is 14. The number of nitrogens with one attached hydrogen (secondary N) is 1. The fourth-order valence-corrected chi connectivity index (χ4v) is 5.12. The molecule has 1 N–H and O–H groups in total. The summed E-state index contributed by atoms with van der Waals surface area (Å²) in [5.74, 6) is -0.532. The van der Waals surface area contributed by atoms with E-state index in [2.05, 4.69) is 5.32 Å². The van der Waals surface area contributed by atoms with Crippen LogP contribution < -0.4 is 14.4 Å². The third kappa shape index (κ3) is 8.79. The highest BCUT2D eigenvalue weighted by Gasteiger charge is 2.32. The Bertz CT molecular complexity index is 1180. The number of halogens is 2. The molecular formula is C26H35Cl2N3O5S. The second-order valence-corrected chi connectivity index (χ2v) is 11.2. The van der Waals surface area contributed by atoms with Crippen molar-refractivity contribution in [3.05, 3.63) is 58.1 Å². The molecule has 0 spiro atoms. The van der Waals surface area contributed by atoms with Gasteiger partial charge in [0.25, 0.3) is 0 Å². The summed E-state index contributed by atoms with van der Waals surface area (Å²) in [7, 11) is -3.88. The van der Waals surface area contributed by atoms with Crippen LogP contribution >= 0.6 is 23.2 Å². The van der Waals surface area contributed by atoms with Crippen LogP contribution in [-0.2, 0) is 26.2 Å². The van der Waals surface area contributed by atoms with Gasteiger partial charge in [0.2, 0.25) is 21.8 Å². The van der Waals surface area contributed by atoms with Gasteiger partial charge >= 0.3 is 0 Å². The Morgan fingerprint density at radius 1 is 1.08 bits per heavy atom. The third-order valence-corrected chi connectivity index (χ3v) is 7.40. The van der Waals surface area contributed by atoms with Gasteiger partial charge in [0.05, 0.1) is 18.6 Å². The minimum Gasteiger partial charge on any atom is -0.492 e. The van der Waals surface area contributed by atoms with Crippen molar-refractivity contribution in [2.24, 2.45) is 0 Å². The lowest BCUT2D eigenvalue weighted by Gasteiger charge is -2.33. The molecule has 11 heteroatoms. The van der Waals surface area contributed by atoms with Gasteiger partial charge < -0.3 is 15.0 Å². The lowest BCUT2D eigenvalue weighted by molar-refractivity contribution is -0.140. The Labute approximate surface area is 229 Å². The summed E-state index contributed by atoms with van der Waals surface area (Å²) in [6, 6.07) is 10.7. The first-order valence-electron chi connectivity index (χ1n) is 12.2. The predicted molar refractivity (Wildman–Crippen MR) is 149 cm³/mol. The van der Waals surface area contributed by atoms with Gasteiger partial charge in [0.1, 0.15) is 18.3 Å². The van der Waals surface area contributed by atoms with Crippen molar-refractivity contribution in [2.75, 3.05) is 30.3 Å². The Kier molecular flexibility index (Phi) is 12.0. The summed E-state index contributed by atoms with van der Waals surface area (Å²) in [6.07, 6.45) is 3.05. The fraction of sp³-hybridized carbons (Fsp3) is 0.462. The minimum atomic E-state index is -3.88. The largest absolute Gasteiger partial charge is 0.492 e. The highest BCUT2D eigenvalue weighted by Crippen LogP contribution is 2.30. The molecule has 0 fully saturated rings. The number of ether oxygens (including phenoxy) is 1. The topological polar surface area (TPSA) is 96.0 Å². The summed E-state index contributed by atoms with van der Waals surface area (Å²) >= 11 is 12.4. The number of hydrogen-bond donors (Lipinski definition) is 1. The van der Waals surface area contributed by atoms with E-state index in [-0.39, 0.29) is 18.1 Å². The number of anilines is 1. The van der Waals surface area contributed by atoms with E-state index in [0.29, 0.717) is 40.9 Å². The number of benzene rings is 2. The number of amides is 2. The van der Waals surface area contributed by atoms with Crippen LogP contribution in [0.2, 0.25) is 10.0 Å². The highest BCUT2D eigenvalue weighted by atomic mass is 35.5. The van der Waals surface area contributed by atoms with Crippen LogP contribution in [0.1, 0.15) is 45.6 Å². The Hall–Kier alpha value is -2.49. The van der Waals surface area contributed by atoms with Gasteiger partial charge in [-0.2, -0.15) is 0 Å².